The molecule has 2 rings (SSSR count). The van der Waals surface area contributed by atoms with Gasteiger partial charge in [0.05, 0.1) is 22.6 Å². The van der Waals surface area contributed by atoms with E-state index in [0.29, 0.717) is 16.8 Å². The minimum Gasteiger partial charge on any atom is -0.400 e. The fraction of sp³-hybridized carbons (Fsp3) is 0.471. The summed E-state index contributed by atoms with van der Waals surface area (Å²) in [5.41, 5.74) is 12.2. The van der Waals surface area contributed by atoms with Crippen molar-refractivity contribution < 1.29 is 18.5 Å². The average Bonchev–Trinajstić information content (AvgIpc) is 2.68. The molecule has 0 radical (unpaired) electrons. The van der Waals surface area contributed by atoms with Crippen molar-refractivity contribution in [1.29, 1.82) is 0 Å². The Morgan fingerprint density at radius 2 is 1.80 bits per heavy atom. The minimum absolute atomic E-state index is 0.0332. The van der Waals surface area contributed by atoms with Crippen molar-refractivity contribution in [3.8, 4) is 0 Å². The van der Waals surface area contributed by atoms with Crippen LogP contribution in [0.2, 0.25) is 0 Å². The average molecular weight is 366 g/mol. The third-order valence-corrected chi connectivity index (χ3v) is 5.43. The second kappa shape index (κ2) is 7.01. The molecular weight excluding hydrogens is 342 g/mol. The molecule has 1 heterocycles. The molecule has 0 spiro atoms. The molecule has 1 aliphatic heterocycles. The molecule has 4 N–H and O–H groups in total. The second-order valence-corrected chi connectivity index (χ2v) is 8.24. The van der Waals surface area contributed by atoms with Crippen molar-refractivity contribution in [2.24, 2.45) is 0 Å². The summed E-state index contributed by atoms with van der Waals surface area (Å²) in [5.74, 6) is -0.132. The van der Waals surface area contributed by atoms with E-state index in [0.717, 1.165) is 11.8 Å². The maximum Gasteiger partial charge on any atom is 0.491 e. The molecule has 1 aliphatic rings. The monoisotopic (exact) mass is 366 g/mol. The molecule has 0 atom stereocenters. The molecule has 1 aromatic rings. The number of hydrogen-bond acceptors (Lipinski definition) is 6. The van der Waals surface area contributed by atoms with Crippen LogP contribution < -0.4 is 11.5 Å². The maximum absolute atomic E-state index is 13.7. The zero-order chi connectivity index (χ0) is 19.0. The highest BCUT2D eigenvalue weighted by Gasteiger charge is 2.52. The topological polar surface area (TPSA) is 87.6 Å². The van der Waals surface area contributed by atoms with E-state index in [9.17, 15) is 9.18 Å². The molecule has 0 bridgehead atoms. The lowest BCUT2D eigenvalue weighted by atomic mass is 9.78. The normalized spacial score (nSPS) is 19.3. The van der Waals surface area contributed by atoms with E-state index in [1.165, 1.54) is 19.1 Å². The summed E-state index contributed by atoms with van der Waals surface area (Å²) < 4.78 is 25.8. The van der Waals surface area contributed by atoms with Gasteiger partial charge in [0.25, 0.3) is 0 Å². The van der Waals surface area contributed by atoms with Gasteiger partial charge in [-0.25, -0.2) is 4.39 Å². The van der Waals surface area contributed by atoms with Crippen LogP contribution in [-0.4, -0.2) is 29.2 Å². The van der Waals surface area contributed by atoms with E-state index in [1.54, 1.807) is 6.08 Å². The number of benzene rings is 1. The number of carbonyl (C=O) groups is 1. The van der Waals surface area contributed by atoms with Crippen LogP contribution in [0, 0.1) is 5.82 Å². The Morgan fingerprint density at radius 1 is 1.24 bits per heavy atom. The standard InChI is InChI=1S/C17H24BFN2O3S/c1-10(22)25-9-12(18-23-16(2,3)17(4,5)24-18)6-11-7-13(19)8-14(20)15(11)21/h6-8H,9,20-21H2,1-5H3. The Hall–Kier alpha value is -1.51. The lowest BCUT2D eigenvalue weighted by Gasteiger charge is -2.32. The Bertz CT molecular complexity index is 706. The molecule has 1 fully saturated rings. The van der Waals surface area contributed by atoms with Crippen LogP contribution in [0.5, 0.6) is 0 Å². The van der Waals surface area contributed by atoms with Crippen LogP contribution in [0.3, 0.4) is 0 Å². The van der Waals surface area contributed by atoms with Crippen molar-refractivity contribution in [3.05, 3.63) is 29.0 Å². The van der Waals surface area contributed by atoms with Gasteiger partial charge in [-0.1, -0.05) is 17.8 Å². The van der Waals surface area contributed by atoms with Crippen molar-refractivity contribution >= 4 is 41.4 Å². The van der Waals surface area contributed by atoms with Crippen molar-refractivity contribution in [2.75, 3.05) is 17.2 Å². The number of nitrogen functional groups attached to an aromatic ring is 2. The summed E-state index contributed by atoms with van der Waals surface area (Å²) in [6.45, 7) is 9.25. The van der Waals surface area contributed by atoms with Gasteiger partial charge in [-0.15, -0.1) is 0 Å². The molecular formula is C17H24BFN2O3S. The van der Waals surface area contributed by atoms with Gasteiger partial charge in [-0.3, -0.25) is 4.79 Å². The third-order valence-electron chi connectivity index (χ3n) is 4.55. The molecule has 136 valence electrons. The van der Waals surface area contributed by atoms with E-state index in [2.05, 4.69) is 0 Å². The van der Waals surface area contributed by atoms with Crippen molar-refractivity contribution in [1.82, 2.24) is 0 Å². The smallest absolute Gasteiger partial charge is 0.400 e. The van der Waals surface area contributed by atoms with E-state index in [1.807, 2.05) is 27.7 Å². The van der Waals surface area contributed by atoms with Crippen molar-refractivity contribution in [3.63, 3.8) is 0 Å². The number of hydrogen-bond donors (Lipinski definition) is 2. The highest BCUT2D eigenvalue weighted by atomic mass is 32.2. The lowest BCUT2D eigenvalue weighted by molar-refractivity contribution is -0.109. The van der Waals surface area contributed by atoms with Gasteiger partial charge < -0.3 is 20.8 Å². The van der Waals surface area contributed by atoms with Gasteiger partial charge >= 0.3 is 7.12 Å². The molecule has 8 heteroatoms. The zero-order valence-electron chi connectivity index (χ0n) is 15.2. The fourth-order valence-corrected chi connectivity index (χ4v) is 2.93. The number of halogens is 1. The molecule has 0 unspecified atom stereocenters. The highest BCUT2D eigenvalue weighted by Crippen LogP contribution is 2.39. The Balaban J connectivity index is 2.42. The first-order chi connectivity index (χ1) is 11.4. The van der Waals surface area contributed by atoms with Gasteiger partial charge in [0, 0.05) is 18.2 Å². The molecule has 25 heavy (non-hydrogen) atoms. The Morgan fingerprint density at radius 3 is 2.32 bits per heavy atom. The number of rotatable bonds is 4. The first-order valence-corrected chi connectivity index (χ1v) is 8.95. The summed E-state index contributed by atoms with van der Waals surface area (Å²) in [5, 5.41) is -0.0332. The lowest BCUT2D eigenvalue weighted by Crippen LogP contribution is -2.41. The summed E-state index contributed by atoms with van der Waals surface area (Å²) in [7, 11) is -0.652. The quantitative estimate of drug-likeness (QED) is 0.628. The third kappa shape index (κ3) is 4.37. The van der Waals surface area contributed by atoms with Crippen LogP contribution in [0.25, 0.3) is 6.08 Å². The summed E-state index contributed by atoms with van der Waals surface area (Å²) in [4.78, 5) is 11.4. The van der Waals surface area contributed by atoms with Crippen LogP contribution in [0.15, 0.2) is 17.6 Å². The second-order valence-electron chi connectivity index (χ2n) is 7.09. The SMILES string of the molecule is CC(=O)SCC(=Cc1cc(F)cc(N)c1N)B1OC(C)(C)C(C)(C)O1. The molecule has 5 nitrogen and oxygen atoms in total. The first kappa shape index (κ1) is 19.8. The maximum atomic E-state index is 13.7. The molecule has 1 saturated heterocycles. The zero-order valence-corrected chi connectivity index (χ0v) is 16.0. The molecule has 1 aromatic carbocycles. The minimum atomic E-state index is -0.652. The van der Waals surface area contributed by atoms with Gasteiger partial charge in [0.15, 0.2) is 5.12 Å². The Kier molecular flexibility index (Phi) is 5.56. The number of thioether (sulfide) groups is 1. The van der Waals surface area contributed by atoms with E-state index in [-0.39, 0.29) is 16.5 Å². The van der Waals surface area contributed by atoms with Gasteiger partial charge in [0.1, 0.15) is 5.82 Å². The number of anilines is 2. The van der Waals surface area contributed by atoms with Gasteiger partial charge in [0.2, 0.25) is 0 Å². The summed E-state index contributed by atoms with van der Waals surface area (Å²) in [6, 6.07) is 2.47. The van der Waals surface area contributed by atoms with E-state index in [4.69, 9.17) is 20.8 Å². The van der Waals surface area contributed by atoms with E-state index >= 15 is 0 Å². The number of nitrogens with two attached hydrogens (primary N) is 2. The molecule has 0 aliphatic carbocycles. The van der Waals surface area contributed by atoms with Crippen LogP contribution in [-0.2, 0) is 14.1 Å². The van der Waals surface area contributed by atoms with Gasteiger partial charge in [-0.2, -0.15) is 0 Å². The molecule has 0 saturated carbocycles. The van der Waals surface area contributed by atoms with Crippen LogP contribution in [0.4, 0.5) is 15.8 Å². The molecule has 0 amide bonds. The fourth-order valence-electron chi connectivity index (χ4n) is 2.34. The van der Waals surface area contributed by atoms with Crippen molar-refractivity contribution in [2.45, 2.75) is 45.8 Å². The summed E-state index contributed by atoms with van der Waals surface area (Å²) in [6.07, 6.45) is 1.69. The van der Waals surface area contributed by atoms with Crippen LogP contribution >= 0.6 is 11.8 Å². The van der Waals surface area contributed by atoms with Crippen LogP contribution in [0.1, 0.15) is 40.2 Å². The molecule has 0 aromatic heterocycles. The predicted molar refractivity (Wildman–Crippen MR) is 102 cm³/mol. The first-order valence-electron chi connectivity index (χ1n) is 7.97. The van der Waals surface area contributed by atoms with Gasteiger partial charge in [-0.05, 0) is 45.3 Å². The highest BCUT2D eigenvalue weighted by molar-refractivity contribution is 8.13. The predicted octanol–water partition coefficient (Wildman–Crippen LogP) is 3.28. The Labute approximate surface area is 152 Å². The largest absolute Gasteiger partial charge is 0.491 e. The summed E-state index contributed by atoms with van der Waals surface area (Å²) >= 11 is 1.13. The van der Waals surface area contributed by atoms with E-state index < -0.39 is 24.1 Å². The number of carbonyl (C=O) groups excluding carboxylic acids is 1.